The predicted octanol–water partition coefficient (Wildman–Crippen LogP) is 3.44. The van der Waals surface area contributed by atoms with E-state index in [2.05, 4.69) is 5.32 Å². The number of halogens is 1. The minimum Gasteiger partial charge on any atom is -0.335 e. The highest BCUT2D eigenvalue weighted by Gasteiger charge is 2.39. The molecule has 1 N–H and O–H groups in total. The first kappa shape index (κ1) is 15.8. The summed E-state index contributed by atoms with van der Waals surface area (Å²) in [6, 6.07) is 14.1. The summed E-state index contributed by atoms with van der Waals surface area (Å²) in [4.78, 5) is 27.0. The normalized spacial score (nSPS) is 19.1. The molecule has 0 unspecified atom stereocenters. The lowest BCUT2D eigenvalue weighted by Gasteiger charge is -2.31. The second-order valence-electron chi connectivity index (χ2n) is 6.68. The van der Waals surface area contributed by atoms with Crippen molar-refractivity contribution < 1.29 is 14.0 Å². The van der Waals surface area contributed by atoms with Gasteiger partial charge in [0.2, 0.25) is 11.8 Å². The van der Waals surface area contributed by atoms with Crippen LogP contribution in [0.3, 0.4) is 0 Å². The van der Waals surface area contributed by atoms with Gasteiger partial charge in [0, 0.05) is 30.3 Å². The fourth-order valence-electron chi connectivity index (χ4n) is 3.42. The van der Waals surface area contributed by atoms with Gasteiger partial charge in [-0.15, -0.1) is 0 Å². The first-order valence-electron chi connectivity index (χ1n) is 8.56. The molecule has 2 aromatic carbocycles. The Morgan fingerprint density at radius 3 is 2.60 bits per heavy atom. The maximum absolute atomic E-state index is 14.0. The van der Waals surface area contributed by atoms with Crippen molar-refractivity contribution in [2.75, 3.05) is 5.32 Å². The molecular weight excluding hydrogens is 319 g/mol. The highest BCUT2D eigenvalue weighted by atomic mass is 19.1. The molecule has 2 aliphatic rings. The molecule has 0 radical (unpaired) electrons. The van der Waals surface area contributed by atoms with E-state index in [4.69, 9.17) is 0 Å². The third-order valence-electron chi connectivity index (χ3n) is 4.87. The van der Waals surface area contributed by atoms with E-state index in [9.17, 15) is 14.0 Å². The van der Waals surface area contributed by atoms with Crippen LogP contribution < -0.4 is 5.32 Å². The van der Waals surface area contributed by atoms with E-state index in [1.165, 1.54) is 6.07 Å². The van der Waals surface area contributed by atoms with E-state index in [0.717, 1.165) is 18.4 Å². The van der Waals surface area contributed by atoms with Gasteiger partial charge in [0.15, 0.2) is 0 Å². The molecule has 128 valence electrons. The third kappa shape index (κ3) is 3.14. The molecule has 5 heteroatoms. The van der Waals surface area contributed by atoms with Crippen molar-refractivity contribution in [2.45, 2.75) is 37.8 Å². The van der Waals surface area contributed by atoms with E-state index in [1.807, 2.05) is 24.3 Å². The molecule has 0 spiro atoms. The summed E-state index contributed by atoms with van der Waals surface area (Å²) >= 11 is 0. The number of rotatable bonds is 4. The van der Waals surface area contributed by atoms with E-state index in [-0.39, 0.29) is 36.6 Å². The quantitative estimate of drug-likeness (QED) is 0.928. The van der Waals surface area contributed by atoms with Crippen LogP contribution in [0, 0.1) is 5.82 Å². The Bertz CT molecular complexity index is 832. The van der Waals surface area contributed by atoms with Crippen molar-refractivity contribution in [3.63, 3.8) is 0 Å². The van der Waals surface area contributed by atoms with Crippen molar-refractivity contribution in [2.24, 2.45) is 0 Å². The van der Waals surface area contributed by atoms with Crippen molar-refractivity contribution >= 4 is 17.5 Å². The molecule has 1 atom stereocenters. The number of carbonyl (C=O) groups is 2. The maximum Gasteiger partial charge on any atom is 0.231 e. The Balaban J connectivity index is 1.64. The second-order valence-corrected chi connectivity index (χ2v) is 6.68. The summed E-state index contributed by atoms with van der Waals surface area (Å²) < 4.78 is 14.0. The number of anilines is 1. The zero-order valence-electron chi connectivity index (χ0n) is 13.7. The van der Waals surface area contributed by atoms with Gasteiger partial charge in [-0.05, 0) is 30.5 Å². The van der Waals surface area contributed by atoms with Crippen LogP contribution in [0.1, 0.15) is 36.3 Å². The molecule has 2 aromatic rings. The minimum absolute atomic E-state index is 0.0898. The van der Waals surface area contributed by atoms with E-state index in [0.29, 0.717) is 11.3 Å². The molecule has 2 amide bonds. The number of hydrogen-bond acceptors (Lipinski definition) is 2. The maximum atomic E-state index is 14.0. The molecule has 1 aliphatic heterocycles. The number of carbonyl (C=O) groups excluding carboxylic acids is 2. The fourth-order valence-corrected chi connectivity index (χ4v) is 3.42. The van der Waals surface area contributed by atoms with Crippen molar-refractivity contribution in [3.05, 3.63) is 65.5 Å². The highest BCUT2D eigenvalue weighted by molar-refractivity contribution is 6.01. The minimum atomic E-state index is -0.502. The van der Waals surface area contributed by atoms with Crippen LogP contribution >= 0.6 is 0 Å². The molecule has 1 fully saturated rings. The Labute approximate surface area is 145 Å². The van der Waals surface area contributed by atoms with Gasteiger partial charge >= 0.3 is 0 Å². The van der Waals surface area contributed by atoms with Gasteiger partial charge in [-0.1, -0.05) is 36.4 Å². The Kier molecular flexibility index (Phi) is 3.99. The zero-order chi connectivity index (χ0) is 17.4. The molecule has 4 nitrogen and oxygen atoms in total. The number of fused-ring (bicyclic) bond motifs is 1. The van der Waals surface area contributed by atoms with Crippen LogP contribution in [0.15, 0.2) is 48.5 Å². The van der Waals surface area contributed by atoms with Gasteiger partial charge in [0.1, 0.15) is 5.82 Å². The smallest absolute Gasteiger partial charge is 0.231 e. The predicted molar refractivity (Wildman–Crippen MR) is 92.4 cm³/mol. The third-order valence-corrected chi connectivity index (χ3v) is 4.87. The lowest BCUT2D eigenvalue weighted by Crippen LogP contribution is -2.39. The lowest BCUT2D eigenvalue weighted by molar-refractivity contribution is -0.136. The second kappa shape index (κ2) is 6.31. The summed E-state index contributed by atoms with van der Waals surface area (Å²) in [6.07, 6.45) is 2.00. The SMILES string of the molecule is O=C1C[C@H](C(=O)N(Cc2ccccc2F)C2CC2)c2ccccc2N1. The number of amides is 2. The van der Waals surface area contributed by atoms with Crippen LogP contribution in [-0.2, 0) is 16.1 Å². The molecule has 25 heavy (non-hydrogen) atoms. The van der Waals surface area contributed by atoms with E-state index >= 15 is 0 Å². The van der Waals surface area contributed by atoms with Crippen LogP contribution in [0.4, 0.5) is 10.1 Å². The van der Waals surface area contributed by atoms with Crippen LogP contribution in [0.5, 0.6) is 0 Å². The van der Waals surface area contributed by atoms with Crippen LogP contribution in [0.25, 0.3) is 0 Å². The summed E-state index contributed by atoms with van der Waals surface area (Å²) in [7, 11) is 0. The standard InChI is InChI=1S/C20H19FN2O2/c21-17-7-3-1-5-13(17)12-23(14-9-10-14)20(25)16-11-19(24)22-18-8-4-2-6-15(16)18/h1-8,14,16H,9-12H2,(H,22,24)/t16-/m0/s1. The highest BCUT2D eigenvalue weighted by Crippen LogP contribution is 2.37. The van der Waals surface area contributed by atoms with Crippen LogP contribution in [0.2, 0.25) is 0 Å². The van der Waals surface area contributed by atoms with Gasteiger partial charge < -0.3 is 10.2 Å². The fraction of sp³-hybridized carbons (Fsp3) is 0.300. The molecular formula is C20H19FN2O2. The lowest BCUT2D eigenvalue weighted by atomic mass is 9.89. The number of para-hydroxylation sites is 1. The van der Waals surface area contributed by atoms with E-state index in [1.54, 1.807) is 23.1 Å². The number of hydrogen-bond donors (Lipinski definition) is 1. The zero-order valence-corrected chi connectivity index (χ0v) is 13.7. The first-order chi connectivity index (χ1) is 12.1. The first-order valence-corrected chi connectivity index (χ1v) is 8.56. The summed E-state index contributed by atoms with van der Waals surface area (Å²) in [5.41, 5.74) is 2.04. The summed E-state index contributed by atoms with van der Waals surface area (Å²) in [6.45, 7) is 0.246. The molecule has 1 heterocycles. The monoisotopic (exact) mass is 338 g/mol. The number of benzene rings is 2. The molecule has 1 saturated carbocycles. The number of nitrogens with one attached hydrogen (secondary N) is 1. The van der Waals surface area contributed by atoms with Gasteiger partial charge in [0.25, 0.3) is 0 Å². The summed E-state index contributed by atoms with van der Waals surface area (Å²) in [5.74, 6) is -1.05. The molecule has 0 saturated heterocycles. The van der Waals surface area contributed by atoms with Gasteiger partial charge in [-0.3, -0.25) is 9.59 Å². The van der Waals surface area contributed by atoms with Crippen molar-refractivity contribution in [1.29, 1.82) is 0 Å². The Morgan fingerprint density at radius 2 is 1.84 bits per heavy atom. The van der Waals surface area contributed by atoms with Gasteiger partial charge in [0.05, 0.1) is 5.92 Å². The van der Waals surface area contributed by atoms with E-state index < -0.39 is 5.92 Å². The van der Waals surface area contributed by atoms with Gasteiger partial charge in [-0.25, -0.2) is 4.39 Å². The Hall–Kier alpha value is -2.69. The average molecular weight is 338 g/mol. The largest absolute Gasteiger partial charge is 0.335 e. The molecule has 0 bridgehead atoms. The molecule has 0 aromatic heterocycles. The average Bonchev–Trinajstić information content (AvgIpc) is 3.44. The Morgan fingerprint density at radius 1 is 1.12 bits per heavy atom. The molecule has 1 aliphatic carbocycles. The summed E-state index contributed by atoms with van der Waals surface area (Å²) in [5, 5.41) is 2.82. The topological polar surface area (TPSA) is 49.4 Å². The van der Waals surface area contributed by atoms with Gasteiger partial charge in [-0.2, -0.15) is 0 Å². The van der Waals surface area contributed by atoms with Crippen LogP contribution in [-0.4, -0.2) is 22.8 Å². The molecule has 4 rings (SSSR count). The van der Waals surface area contributed by atoms with Crippen molar-refractivity contribution in [3.8, 4) is 0 Å². The van der Waals surface area contributed by atoms with Crippen molar-refractivity contribution in [1.82, 2.24) is 4.90 Å². The number of nitrogens with zero attached hydrogens (tertiary/aromatic N) is 1.